The molecule has 1 fully saturated rings. The number of carbonyl (C=O) groups is 1. The third kappa shape index (κ3) is 3.44. The minimum Gasteiger partial charge on any atom is -0.341 e. The van der Waals surface area contributed by atoms with E-state index in [2.05, 4.69) is 27.7 Å². The third-order valence-corrected chi connectivity index (χ3v) is 4.68. The zero-order valence-electron chi connectivity index (χ0n) is 11.8. The average molecular weight is 240 g/mol. The molecule has 1 aliphatic heterocycles. The zero-order valence-corrected chi connectivity index (χ0v) is 11.8. The van der Waals surface area contributed by atoms with Gasteiger partial charge in [0.2, 0.25) is 5.91 Å². The van der Waals surface area contributed by atoms with Crippen molar-refractivity contribution in [3.63, 3.8) is 0 Å². The van der Waals surface area contributed by atoms with E-state index in [1.165, 1.54) is 6.42 Å². The molecule has 0 radical (unpaired) electrons. The number of hydrogen-bond donors (Lipinski definition) is 1. The van der Waals surface area contributed by atoms with Crippen LogP contribution in [-0.4, -0.2) is 29.9 Å². The van der Waals surface area contributed by atoms with Crippen molar-refractivity contribution in [1.29, 1.82) is 0 Å². The molecule has 0 spiro atoms. The van der Waals surface area contributed by atoms with Crippen molar-refractivity contribution in [2.24, 2.45) is 17.1 Å². The fourth-order valence-electron chi connectivity index (χ4n) is 2.33. The van der Waals surface area contributed by atoms with Crippen LogP contribution < -0.4 is 5.73 Å². The molecule has 1 heterocycles. The van der Waals surface area contributed by atoms with Crippen molar-refractivity contribution in [2.45, 2.75) is 59.4 Å². The molecule has 3 heteroatoms. The molecule has 0 aromatic carbocycles. The number of nitrogens with zero attached hydrogens (tertiary/aromatic N) is 1. The molecule has 2 atom stereocenters. The van der Waals surface area contributed by atoms with Gasteiger partial charge in [0, 0.05) is 13.1 Å². The Balaban J connectivity index is 2.51. The molecule has 3 nitrogen and oxygen atoms in total. The first-order valence-electron chi connectivity index (χ1n) is 6.98. The summed E-state index contributed by atoms with van der Waals surface area (Å²) in [6, 6.07) is -0.314. The summed E-state index contributed by atoms with van der Waals surface area (Å²) in [5, 5.41) is 0. The Morgan fingerprint density at radius 2 is 1.88 bits per heavy atom. The fourth-order valence-corrected chi connectivity index (χ4v) is 2.33. The molecule has 0 bridgehead atoms. The van der Waals surface area contributed by atoms with Crippen molar-refractivity contribution in [1.82, 2.24) is 4.90 Å². The van der Waals surface area contributed by atoms with Crippen molar-refractivity contribution >= 4 is 5.91 Å². The summed E-state index contributed by atoms with van der Waals surface area (Å²) < 4.78 is 0. The van der Waals surface area contributed by atoms with Gasteiger partial charge in [0.05, 0.1) is 6.04 Å². The minimum atomic E-state index is -0.314. The van der Waals surface area contributed by atoms with E-state index in [0.29, 0.717) is 5.41 Å². The van der Waals surface area contributed by atoms with Crippen LogP contribution in [0.4, 0.5) is 0 Å². The van der Waals surface area contributed by atoms with E-state index in [0.717, 1.165) is 32.4 Å². The summed E-state index contributed by atoms with van der Waals surface area (Å²) in [6.07, 6.45) is 4.39. The zero-order chi connectivity index (χ0) is 13.1. The molecule has 1 aliphatic rings. The van der Waals surface area contributed by atoms with Gasteiger partial charge in [-0.25, -0.2) is 0 Å². The van der Waals surface area contributed by atoms with Gasteiger partial charge in [0.25, 0.3) is 0 Å². The van der Waals surface area contributed by atoms with Crippen LogP contribution in [0.1, 0.15) is 53.4 Å². The van der Waals surface area contributed by atoms with Crippen molar-refractivity contribution in [3.8, 4) is 0 Å². The van der Waals surface area contributed by atoms with Crippen LogP contribution >= 0.6 is 0 Å². The minimum absolute atomic E-state index is 0.150. The summed E-state index contributed by atoms with van der Waals surface area (Å²) in [4.78, 5) is 14.2. The molecule has 0 aromatic heterocycles. The maximum atomic E-state index is 12.2. The Bertz CT molecular complexity index is 257. The highest BCUT2D eigenvalue weighted by Crippen LogP contribution is 2.34. The SMILES string of the molecule is CC[C@H](C)[C@H](N)C(=O)N1CCC(C)(CC)CC1. The highest BCUT2D eigenvalue weighted by Gasteiger charge is 2.32. The van der Waals surface area contributed by atoms with Crippen molar-refractivity contribution in [3.05, 3.63) is 0 Å². The fraction of sp³-hybridized carbons (Fsp3) is 0.929. The van der Waals surface area contributed by atoms with Gasteiger partial charge in [-0.15, -0.1) is 0 Å². The number of hydrogen-bond acceptors (Lipinski definition) is 2. The first kappa shape index (κ1) is 14.5. The Labute approximate surface area is 106 Å². The molecule has 1 saturated heterocycles. The molecule has 0 aromatic rings. The monoisotopic (exact) mass is 240 g/mol. The van der Waals surface area contributed by atoms with E-state index in [4.69, 9.17) is 5.73 Å². The lowest BCUT2D eigenvalue weighted by Gasteiger charge is -2.40. The highest BCUT2D eigenvalue weighted by atomic mass is 16.2. The Morgan fingerprint density at radius 3 is 2.29 bits per heavy atom. The van der Waals surface area contributed by atoms with Gasteiger partial charge in [-0.05, 0) is 24.2 Å². The molecule has 2 N–H and O–H groups in total. The second-order valence-electron chi connectivity index (χ2n) is 5.90. The Hall–Kier alpha value is -0.570. The van der Waals surface area contributed by atoms with Crippen LogP contribution in [-0.2, 0) is 4.79 Å². The van der Waals surface area contributed by atoms with Crippen LogP contribution in [0.5, 0.6) is 0 Å². The van der Waals surface area contributed by atoms with Crippen molar-refractivity contribution < 1.29 is 4.79 Å². The summed E-state index contributed by atoms with van der Waals surface area (Å²) in [6.45, 7) is 10.5. The number of likely N-dealkylation sites (tertiary alicyclic amines) is 1. The summed E-state index contributed by atoms with van der Waals surface area (Å²) >= 11 is 0. The topological polar surface area (TPSA) is 46.3 Å². The van der Waals surface area contributed by atoms with Crippen LogP contribution in [0.25, 0.3) is 0 Å². The molecule has 0 unspecified atom stereocenters. The van der Waals surface area contributed by atoms with E-state index in [1.807, 2.05) is 4.90 Å². The Morgan fingerprint density at radius 1 is 1.35 bits per heavy atom. The highest BCUT2D eigenvalue weighted by molar-refractivity contribution is 5.82. The third-order valence-electron chi connectivity index (χ3n) is 4.68. The molecule has 0 saturated carbocycles. The van der Waals surface area contributed by atoms with Gasteiger partial charge in [0.15, 0.2) is 0 Å². The summed E-state index contributed by atoms with van der Waals surface area (Å²) in [5.41, 5.74) is 6.44. The van der Waals surface area contributed by atoms with E-state index < -0.39 is 0 Å². The molecule has 1 rings (SSSR count). The summed E-state index contributed by atoms with van der Waals surface area (Å²) in [5.74, 6) is 0.430. The Kier molecular flexibility index (Phi) is 4.99. The van der Waals surface area contributed by atoms with E-state index in [1.54, 1.807) is 0 Å². The number of piperidine rings is 1. The summed E-state index contributed by atoms with van der Waals surface area (Å²) in [7, 11) is 0. The lowest BCUT2D eigenvalue weighted by Crippen LogP contribution is -2.50. The van der Waals surface area contributed by atoms with Gasteiger partial charge < -0.3 is 10.6 Å². The van der Waals surface area contributed by atoms with Crippen molar-refractivity contribution in [2.75, 3.05) is 13.1 Å². The van der Waals surface area contributed by atoms with Crippen LogP contribution in [0.3, 0.4) is 0 Å². The smallest absolute Gasteiger partial charge is 0.239 e. The first-order chi connectivity index (χ1) is 7.93. The maximum Gasteiger partial charge on any atom is 0.239 e. The standard InChI is InChI=1S/C14H28N2O/c1-5-11(3)12(15)13(17)16-9-7-14(4,6-2)8-10-16/h11-12H,5-10,15H2,1-4H3/t11-,12-/m0/s1. The van der Waals surface area contributed by atoms with Gasteiger partial charge in [0.1, 0.15) is 0 Å². The predicted octanol–water partition coefficient (Wildman–Crippen LogP) is 2.40. The molecule has 17 heavy (non-hydrogen) atoms. The molecule has 100 valence electrons. The first-order valence-corrected chi connectivity index (χ1v) is 6.98. The van der Waals surface area contributed by atoms with Crippen LogP contribution in [0.2, 0.25) is 0 Å². The second-order valence-corrected chi connectivity index (χ2v) is 5.90. The lowest BCUT2D eigenvalue weighted by atomic mass is 9.78. The lowest BCUT2D eigenvalue weighted by molar-refractivity contribution is -0.136. The van der Waals surface area contributed by atoms with E-state index in [-0.39, 0.29) is 17.9 Å². The molecular weight excluding hydrogens is 212 g/mol. The van der Waals surface area contributed by atoms with Crippen LogP contribution in [0.15, 0.2) is 0 Å². The van der Waals surface area contributed by atoms with Gasteiger partial charge in [-0.2, -0.15) is 0 Å². The number of carbonyl (C=O) groups excluding carboxylic acids is 1. The average Bonchev–Trinajstić information content (AvgIpc) is 2.37. The second kappa shape index (κ2) is 5.85. The number of amides is 1. The maximum absolute atomic E-state index is 12.2. The molecule has 0 aliphatic carbocycles. The van der Waals surface area contributed by atoms with Gasteiger partial charge >= 0.3 is 0 Å². The van der Waals surface area contributed by atoms with E-state index >= 15 is 0 Å². The van der Waals surface area contributed by atoms with Gasteiger partial charge in [-0.1, -0.05) is 40.5 Å². The number of rotatable bonds is 4. The molecule has 1 amide bonds. The van der Waals surface area contributed by atoms with Crippen LogP contribution in [0, 0.1) is 11.3 Å². The van der Waals surface area contributed by atoms with E-state index in [9.17, 15) is 4.79 Å². The largest absolute Gasteiger partial charge is 0.341 e. The molecular formula is C14H28N2O. The van der Waals surface area contributed by atoms with Gasteiger partial charge in [-0.3, -0.25) is 4.79 Å². The quantitative estimate of drug-likeness (QED) is 0.820. The number of nitrogens with two attached hydrogens (primary N) is 1. The predicted molar refractivity (Wildman–Crippen MR) is 71.6 cm³/mol. The normalized spacial score (nSPS) is 23.2.